The van der Waals surface area contributed by atoms with Crippen molar-refractivity contribution in [1.82, 2.24) is 0 Å². The molecule has 1 aromatic heterocycles. The molecule has 0 amide bonds. The Balaban J connectivity index is 1.56. The van der Waals surface area contributed by atoms with Crippen LogP contribution in [-0.2, 0) is 0 Å². The number of hydrogen-bond acceptors (Lipinski definition) is 1. The van der Waals surface area contributed by atoms with Crippen LogP contribution in [0.25, 0.3) is 88.0 Å². The summed E-state index contributed by atoms with van der Waals surface area (Å²) in [6.07, 6.45) is 0. The molecule has 8 aromatic carbocycles. The van der Waals surface area contributed by atoms with Gasteiger partial charge in [-0.3, -0.25) is 0 Å². The lowest BCUT2D eigenvalue weighted by Crippen LogP contribution is -1.94. The Bertz CT molecular complexity index is 3330. The van der Waals surface area contributed by atoms with Crippen molar-refractivity contribution in [3.05, 3.63) is 169 Å². The van der Waals surface area contributed by atoms with Crippen LogP contribution in [0.4, 0.5) is 0 Å². The van der Waals surface area contributed by atoms with Crippen LogP contribution in [-0.4, -0.2) is 0 Å². The number of benzene rings is 8. The molecular weight excluding hydrogens is 544 g/mol. The van der Waals surface area contributed by atoms with Gasteiger partial charge >= 0.3 is 0 Å². The maximum absolute atomic E-state index is 9.53. The van der Waals surface area contributed by atoms with E-state index in [1.54, 1.807) is 72.8 Å². The Morgan fingerprint density at radius 2 is 0.867 bits per heavy atom. The summed E-state index contributed by atoms with van der Waals surface area (Å²) < 4.78 is 147. The number of hydrogen-bond donors (Lipinski definition) is 0. The molecule has 210 valence electrons. The summed E-state index contributed by atoms with van der Waals surface area (Å²) in [6, 6.07) is 11.9. The summed E-state index contributed by atoms with van der Waals surface area (Å²) in [6.45, 7) is 0. The molecule has 0 unspecified atom stereocenters. The topological polar surface area (TPSA) is 13.1 Å². The van der Waals surface area contributed by atoms with E-state index in [4.69, 9.17) is 23.6 Å². The summed E-state index contributed by atoms with van der Waals surface area (Å²) in [5.74, 6) is 0. The highest BCUT2D eigenvalue weighted by Gasteiger charge is 2.24. The van der Waals surface area contributed by atoms with Crippen molar-refractivity contribution in [2.75, 3.05) is 0 Å². The van der Waals surface area contributed by atoms with Gasteiger partial charge in [-0.1, -0.05) is 157 Å². The third-order valence-electron chi connectivity index (χ3n) is 8.03. The molecule has 1 nitrogen and oxygen atoms in total. The molecule has 0 aliphatic heterocycles. The summed E-state index contributed by atoms with van der Waals surface area (Å²) in [7, 11) is 0. The predicted octanol–water partition coefficient (Wildman–Crippen LogP) is 12.6. The molecular formula is C44H28O. The van der Waals surface area contributed by atoms with E-state index in [9.17, 15) is 2.74 Å². The minimum absolute atomic E-state index is 0.0205. The number of fused-ring (bicyclic) bond motifs is 5. The molecule has 0 aliphatic rings. The second-order valence-electron chi connectivity index (χ2n) is 10.4. The lowest BCUT2D eigenvalue weighted by molar-refractivity contribution is 0.669. The summed E-state index contributed by atoms with van der Waals surface area (Å²) in [4.78, 5) is 0. The van der Waals surface area contributed by atoms with Gasteiger partial charge in [0, 0.05) is 16.3 Å². The highest BCUT2D eigenvalue weighted by atomic mass is 16.3. The van der Waals surface area contributed by atoms with E-state index in [1.807, 2.05) is 0 Å². The van der Waals surface area contributed by atoms with Gasteiger partial charge in [-0.25, -0.2) is 0 Å². The molecule has 1 heterocycles. The first-order chi connectivity index (χ1) is 29.0. The number of rotatable bonds is 4. The van der Waals surface area contributed by atoms with Crippen molar-refractivity contribution in [3.8, 4) is 44.5 Å². The molecule has 9 rings (SSSR count). The Morgan fingerprint density at radius 3 is 1.51 bits per heavy atom. The van der Waals surface area contributed by atoms with E-state index in [0.717, 1.165) is 0 Å². The summed E-state index contributed by atoms with van der Waals surface area (Å²) in [5.41, 5.74) is 0.519. The third kappa shape index (κ3) is 4.02. The molecule has 0 saturated carbocycles. The normalized spacial score (nSPS) is 16.5. The van der Waals surface area contributed by atoms with Gasteiger partial charge < -0.3 is 4.42 Å². The zero-order valence-electron chi connectivity index (χ0n) is 39.3. The van der Waals surface area contributed by atoms with Crippen molar-refractivity contribution in [3.63, 3.8) is 0 Å². The molecule has 0 N–H and O–H groups in total. The van der Waals surface area contributed by atoms with Crippen LogP contribution >= 0.6 is 0 Å². The smallest absolute Gasteiger partial charge is 0.136 e. The van der Waals surface area contributed by atoms with Crippen LogP contribution in [0.3, 0.4) is 0 Å². The fourth-order valence-corrected chi connectivity index (χ4v) is 6.26. The van der Waals surface area contributed by atoms with Gasteiger partial charge in [-0.15, -0.1) is 0 Å². The van der Waals surface area contributed by atoms with Gasteiger partial charge in [-0.2, -0.15) is 0 Å². The van der Waals surface area contributed by atoms with Crippen molar-refractivity contribution in [1.29, 1.82) is 0 Å². The maximum Gasteiger partial charge on any atom is 0.136 e. The SMILES string of the molecule is [2H]c1c([2H])c([2H])c(-c2ccccc2-c2c3ccccc3c(-c3c(-c4c([2H])c([2H])c([2H])c([2H])c4[2H])c([2H])c([2H])c4oc5c([2H])c([2H])c([2H])c([2H])c5c34)c3ccccc23)c([2H])c1[2H]. The van der Waals surface area contributed by atoms with Gasteiger partial charge in [0.1, 0.15) is 11.2 Å². The van der Waals surface area contributed by atoms with E-state index in [0.29, 0.717) is 43.8 Å². The van der Waals surface area contributed by atoms with Crippen LogP contribution in [0.5, 0.6) is 0 Å². The minimum atomic E-state index is -0.693. The van der Waals surface area contributed by atoms with Crippen LogP contribution in [0.1, 0.15) is 21.9 Å². The first-order valence-electron chi connectivity index (χ1n) is 22.1. The van der Waals surface area contributed by atoms with Crippen LogP contribution in [0.15, 0.2) is 174 Å². The van der Waals surface area contributed by atoms with Gasteiger partial charge in [0.05, 0.1) is 21.9 Å². The standard InChI is InChI=1S/C44H28O/c1-3-15-29(16-4-1)31-19-7-8-20-33(31)41-34-21-9-11-23-36(34)42(37-24-12-10-22-35(37)41)44-32(30-17-5-2-6-18-30)27-28-40-43(44)38-25-13-14-26-39(38)45-40/h1-28H/i1D,2D,3D,4D,5D,6D,13D,14D,15D,16D,17D,18D,25D,26D,27D,28D. The lowest BCUT2D eigenvalue weighted by atomic mass is 9.81. The minimum Gasteiger partial charge on any atom is -0.456 e. The van der Waals surface area contributed by atoms with Crippen LogP contribution < -0.4 is 0 Å². The first kappa shape index (κ1) is 14.2. The summed E-state index contributed by atoms with van der Waals surface area (Å²) in [5, 5.41) is 1.86. The largest absolute Gasteiger partial charge is 0.456 e. The van der Waals surface area contributed by atoms with Crippen LogP contribution in [0, 0.1) is 0 Å². The van der Waals surface area contributed by atoms with Crippen molar-refractivity contribution in [2.24, 2.45) is 0 Å². The van der Waals surface area contributed by atoms with Gasteiger partial charge in [0.15, 0.2) is 0 Å². The predicted molar refractivity (Wildman–Crippen MR) is 190 cm³/mol. The first-order valence-corrected chi connectivity index (χ1v) is 14.1. The maximum atomic E-state index is 9.53. The highest BCUT2D eigenvalue weighted by Crippen LogP contribution is 2.50. The fraction of sp³-hybridized carbons (Fsp3) is 0. The molecule has 0 aliphatic carbocycles. The molecule has 0 saturated heterocycles. The molecule has 45 heavy (non-hydrogen) atoms. The van der Waals surface area contributed by atoms with E-state index in [2.05, 4.69) is 0 Å². The van der Waals surface area contributed by atoms with Crippen molar-refractivity contribution >= 4 is 43.5 Å². The molecule has 0 atom stereocenters. The quantitative estimate of drug-likeness (QED) is 0.186. The monoisotopic (exact) mass is 588 g/mol. The highest BCUT2D eigenvalue weighted by molar-refractivity contribution is 6.28. The Labute approximate surface area is 284 Å². The van der Waals surface area contributed by atoms with E-state index < -0.39 is 102 Å². The average molecular weight is 589 g/mol. The number of para-hydroxylation sites is 1. The van der Waals surface area contributed by atoms with Crippen molar-refractivity contribution < 1.29 is 26.3 Å². The molecule has 1 heteroatoms. The number of furan rings is 1. The van der Waals surface area contributed by atoms with Crippen LogP contribution in [0.2, 0.25) is 0 Å². The van der Waals surface area contributed by atoms with E-state index >= 15 is 0 Å². The Morgan fingerprint density at radius 1 is 0.356 bits per heavy atom. The molecule has 0 spiro atoms. The second kappa shape index (κ2) is 10.4. The second-order valence-corrected chi connectivity index (χ2v) is 10.4. The van der Waals surface area contributed by atoms with Gasteiger partial charge in [0.2, 0.25) is 0 Å². The fourth-order valence-electron chi connectivity index (χ4n) is 6.26. The van der Waals surface area contributed by atoms with E-state index in [-0.39, 0.29) is 38.6 Å². The lowest BCUT2D eigenvalue weighted by Gasteiger charge is -2.21. The zero-order valence-corrected chi connectivity index (χ0v) is 23.3. The van der Waals surface area contributed by atoms with E-state index in [1.165, 1.54) is 0 Å². The zero-order chi connectivity index (χ0) is 43.7. The Kier molecular flexibility index (Phi) is 3.28. The Hall–Kier alpha value is -5.92. The molecule has 0 radical (unpaired) electrons. The van der Waals surface area contributed by atoms with Gasteiger partial charge in [0.25, 0.3) is 0 Å². The molecule has 0 fully saturated rings. The van der Waals surface area contributed by atoms with Crippen molar-refractivity contribution in [2.45, 2.75) is 0 Å². The summed E-state index contributed by atoms with van der Waals surface area (Å²) >= 11 is 0. The van der Waals surface area contributed by atoms with Gasteiger partial charge in [-0.05, 0) is 72.6 Å². The molecule has 9 aromatic rings. The molecule has 0 bridgehead atoms. The third-order valence-corrected chi connectivity index (χ3v) is 8.03. The average Bonchev–Trinajstić information content (AvgIpc) is 3.67.